The average molecular weight is 381 g/mol. The van der Waals surface area contributed by atoms with E-state index in [4.69, 9.17) is 4.74 Å². The maximum atomic E-state index is 5.29. The highest BCUT2D eigenvalue weighted by Crippen LogP contribution is 2.34. The summed E-state index contributed by atoms with van der Waals surface area (Å²) >= 11 is 9.08. The van der Waals surface area contributed by atoms with Crippen LogP contribution in [0.1, 0.15) is 12.0 Å². The zero-order valence-electron chi connectivity index (χ0n) is 9.63. The maximum absolute atomic E-state index is 5.29. The Labute approximate surface area is 123 Å². The molecule has 1 fully saturated rings. The van der Waals surface area contributed by atoms with Crippen LogP contribution in [0.2, 0.25) is 0 Å². The average Bonchev–Trinajstić information content (AvgIpc) is 2.79. The lowest BCUT2D eigenvalue weighted by Crippen LogP contribution is -2.27. The molecule has 94 valence electrons. The van der Waals surface area contributed by atoms with Crippen molar-refractivity contribution in [2.45, 2.75) is 19.0 Å². The monoisotopic (exact) mass is 379 g/mol. The van der Waals surface area contributed by atoms with Gasteiger partial charge in [-0.15, -0.1) is 0 Å². The summed E-state index contributed by atoms with van der Waals surface area (Å²) in [6.45, 7) is 0.909. The van der Waals surface area contributed by atoms with Crippen molar-refractivity contribution in [2.75, 3.05) is 18.6 Å². The third kappa shape index (κ3) is 3.63. The second-order valence-corrected chi connectivity index (χ2v) is 6.89. The third-order valence-electron chi connectivity index (χ3n) is 2.79. The van der Waals surface area contributed by atoms with Gasteiger partial charge in [0.05, 0.1) is 16.1 Å². The molecule has 0 bridgehead atoms. The predicted octanol–water partition coefficient (Wildman–Crippen LogP) is 3.82. The van der Waals surface area contributed by atoms with Gasteiger partial charge in [0.1, 0.15) is 5.75 Å². The molecule has 1 aromatic carbocycles. The second kappa shape index (κ2) is 6.45. The standard InChI is InChI=1S/C12H15Br2NOS/c1-16-12-10(13)4-8(5-11(12)14)6-15-9-2-3-17-7-9/h4-5,9,15H,2-3,6-7H2,1H3. The fourth-order valence-electron chi connectivity index (χ4n) is 1.87. The van der Waals surface area contributed by atoms with Crippen LogP contribution in [0.15, 0.2) is 21.1 Å². The zero-order valence-corrected chi connectivity index (χ0v) is 13.6. The molecule has 1 aromatic rings. The minimum atomic E-state index is 0.666. The molecular weight excluding hydrogens is 366 g/mol. The lowest BCUT2D eigenvalue weighted by Gasteiger charge is -2.13. The number of methoxy groups -OCH3 is 1. The minimum Gasteiger partial charge on any atom is -0.494 e. The van der Waals surface area contributed by atoms with Crippen molar-refractivity contribution in [1.82, 2.24) is 5.32 Å². The molecule has 1 atom stereocenters. The first-order valence-electron chi connectivity index (χ1n) is 5.53. The van der Waals surface area contributed by atoms with Crippen LogP contribution in [-0.4, -0.2) is 24.7 Å². The molecular formula is C12H15Br2NOS. The molecule has 1 aliphatic rings. The highest BCUT2D eigenvalue weighted by molar-refractivity contribution is 9.11. The van der Waals surface area contributed by atoms with Crippen molar-refractivity contribution in [3.05, 3.63) is 26.6 Å². The van der Waals surface area contributed by atoms with Gasteiger partial charge in [-0.1, -0.05) is 0 Å². The Morgan fingerprint density at radius 2 is 2.12 bits per heavy atom. The van der Waals surface area contributed by atoms with Crippen molar-refractivity contribution in [2.24, 2.45) is 0 Å². The van der Waals surface area contributed by atoms with E-state index in [1.807, 2.05) is 11.8 Å². The van der Waals surface area contributed by atoms with Crippen LogP contribution < -0.4 is 10.1 Å². The first kappa shape index (κ1) is 13.7. The fraction of sp³-hybridized carbons (Fsp3) is 0.500. The number of thioether (sulfide) groups is 1. The molecule has 1 unspecified atom stereocenters. The normalized spacial score (nSPS) is 19.6. The van der Waals surface area contributed by atoms with Crippen molar-refractivity contribution >= 4 is 43.6 Å². The van der Waals surface area contributed by atoms with Gasteiger partial charge in [-0.2, -0.15) is 11.8 Å². The Morgan fingerprint density at radius 1 is 1.41 bits per heavy atom. The first-order valence-corrected chi connectivity index (χ1v) is 8.28. The molecule has 0 spiro atoms. The summed E-state index contributed by atoms with van der Waals surface area (Å²) < 4.78 is 7.28. The first-order chi connectivity index (χ1) is 8.20. The highest BCUT2D eigenvalue weighted by atomic mass is 79.9. The van der Waals surface area contributed by atoms with E-state index in [2.05, 4.69) is 49.3 Å². The van der Waals surface area contributed by atoms with E-state index in [0.29, 0.717) is 6.04 Å². The molecule has 0 aromatic heterocycles. The predicted molar refractivity (Wildman–Crippen MR) is 81.0 cm³/mol. The van der Waals surface area contributed by atoms with Crippen molar-refractivity contribution in [3.8, 4) is 5.75 Å². The van der Waals surface area contributed by atoms with E-state index < -0.39 is 0 Å². The van der Waals surface area contributed by atoms with Crippen LogP contribution in [0.25, 0.3) is 0 Å². The Morgan fingerprint density at radius 3 is 2.65 bits per heavy atom. The van der Waals surface area contributed by atoms with E-state index in [-0.39, 0.29) is 0 Å². The van der Waals surface area contributed by atoms with E-state index in [1.54, 1.807) is 7.11 Å². The molecule has 0 aliphatic carbocycles. The van der Waals surface area contributed by atoms with Crippen LogP contribution in [0.5, 0.6) is 5.75 Å². The molecule has 5 heteroatoms. The number of rotatable bonds is 4. The molecule has 1 N–H and O–H groups in total. The minimum absolute atomic E-state index is 0.666. The fourth-order valence-corrected chi connectivity index (χ4v) is 4.66. The number of hydrogen-bond acceptors (Lipinski definition) is 3. The lowest BCUT2D eigenvalue weighted by atomic mass is 10.2. The largest absolute Gasteiger partial charge is 0.494 e. The van der Waals surface area contributed by atoms with E-state index in [1.165, 1.54) is 23.5 Å². The van der Waals surface area contributed by atoms with Gasteiger partial charge >= 0.3 is 0 Å². The van der Waals surface area contributed by atoms with E-state index in [0.717, 1.165) is 21.2 Å². The van der Waals surface area contributed by atoms with Gasteiger partial charge in [-0.3, -0.25) is 0 Å². The van der Waals surface area contributed by atoms with Gasteiger partial charge in [0, 0.05) is 18.3 Å². The Balaban J connectivity index is 2.01. The second-order valence-electron chi connectivity index (χ2n) is 4.03. The number of benzene rings is 1. The quantitative estimate of drug-likeness (QED) is 0.857. The molecule has 1 heterocycles. The summed E-state index contributed by atoms with van der Waals surface area (Å²) in [6.07, 6.45) is 1.28. The van der Waals surface area contributed by atoms with Gasteiger partial charge < -0.3 is 10.1 Å². The molecule has 1 saturated heterocycles. The topological polar surface area (TPSA) is 21.3 Å². The smallest absolute Gasteiger partial charge is 0.147 e. The van der Waals surface area contributed by atoms with Gasteiger partial charge in [0.15, 0.2) is 0 Å². The summed E-state index contributed by atoms with van der Waals surface area (Å²) in [5.74, 6) is 3.37. The van der Waals surface area contributed by atoms with Crippen LogP contribution in [0, 0.1) is 0 Å². The van der Waals surface area contributed by atoms with E-state index >= 15 is 0 Å². The Hall–Kier alpha value is 0.290. The number of ether oxygens (including phenoxy) is 1. The molecule has 2 rings (SSSR count). The Bertz CT molecular complexity index is 371. The van der Waals surface area contributed by atoms with Crippen molar-refractivity contribution in [1.29, 1.82) is 0 Å². The summed E-state index contributed by atoms with van der Waals surface area (Å²) in [4.78, 5) is 0. The van der Waals surface area contributed by atoms with Crippen LogP contribution in [0.3, 0.4) is 0 Å². The van der Waals surface area contributed by atoms with E-state index in [9.17, 15) is 0 Å². The molecule has 0 saturated carbocycles. The summed E-state index contributed by atoms with van der Waals surface area (Å²) in [5.41, 5.74) is 1.27. The number of nitrogens with one attached hydrogen (secondary N) is 1. The molecule has 0 radical (unpaired) electrons. The summed E-state index contributed by atoms with van der Waals surface area (Å²) in [6, 6.07) is 4.89. The number of hydrogen-bond donors (Lipinski definition) is 1. The van der Waals surface area contributed by atoms with Crippen LogP contribution in [0.4, 0.5) is 0 Å². The lowest BCUT2D eigenvalue weighted by molar-refractivity contribution is 0.409. The highest BCUT2D eigenvalue weighted by Gasteiger charge is 2.15. The van der Waals surface area contributed by atoms with Crippen LogP contribution in [-0.2, 0) is 6.54 Å². The van der Waals surface area contributed by atoms with Crippen LogP contribution >= 0.6 is 43.6 Å². The molecule has 2 nitrogen and oxygen atoms in total. The van der Waals surface area contributed by atoms with Gasteiger partial charge in [0.2, 0.25) is 0 Å². The molecule has 17 heavy (non-hydrogen) atoms. The third-order valence-corrected chi connectivity index (χ3v) is 5.13. The van der Waals surface area contributed by atoms with Crippen molar-refractivity contribution < 1.29 is 4.74 Å². The molecule has 0 amide bonds. The summed E-state index contributed by atoms with van der Waals surface area (Å²) in [5, 5.41) is 3.59. The van der Waals surface area contributed by atoms with Gasteiger partial charge in [-0.05, 0) is 61.7 Å². The van der Waals surface area contributed by atoms with Gasteiger partial charge in [0.25, 0.3) is 0 Å². The van der Waals surface area contributed by atoms with Crippen molar-refractivity contribution in [3.63, 3.8) is 0 Å². The summed E-state index contributed by atoms with van der Waals surface area (Å²) in [7, 11) is 1.68. The van der Waals surface area contributed by atoms with Gasteiger partial charge in [-0.25, -0.2) is 0 Å². The maximum Gasteiger partial charge on any atom is 0.147 e. The zero-order chi connectivity index (χ0) is 12.3. The SMILES string of the molecule is COc1c(Br)cc(CNC2CCSC2)cc1Br. The molecule has 1 aliphatic heterocycles. The Kier molecular flexibility index (Phi) is 5.21. The number of halogens is 2.